The summed E-state index contributed by atoms with van der Waals surface area (Å²) in [4.78, 5) is 4.27. The van der Waals surface area contributed by atoms with E-state index in [1.54, 1.807) is 0 Å². The summed E-state index contributed by atoms with van der Waals surface area (Å²) < 4.78 is 5.87. The van der Waals surface area contributed by atoms with Gasteiger partial charge >= 0.3 is 0 Å². The lowest BCUT2D eigenvalue weighted by molar-refractivity contribution is -0.0101. The second kappa shape index (κ2) is 4.32. The molecule has 1 atom stereocenters. The Balaban J connectivity index is 1.60. The number of aromatic nitrogens is 1. The van der Waals surface area contributed by atoms with Gasteiger partial charge < -0.3 is 15.3 Å². The molecule has 0 radical (unpaired) electrons. The van der Waals surface area contributed by atoms with Crippen LogP contribution in [0.2, 0.25) is 0 Å². The molecule has 0 aromatic carbocycles. The Kier molecular flexibility index (Phi) is 2.71. The van der Waals surface area contributed by atoms with Crippen LogP contribution >= 0.6 is 0 Å². The van der Waals surface area contributed by atoms with Gasteiger partial charge in [0, 0.05) is 5.92 Å². The van der Waals surface area contributed by atoms with E-state index in [9.17, 15) is 0 Å². The number of hydrogen-bond acceptors (Lipinski definition) is 4. The Morgan fingerprint density at radius 1 is 1.21 bits per heavy atom. The Morgan fingerprint density at radius 2 is 1.84 bits per heavy atom. The lowest BCUT2D eigenvalue weighted by Crippen LogP contribution is -2.43. The van der Waals surface area contributed by atoms with Crippen molar-refractivity contribution < 1.29 is 9.52 Å². The third-order valence-corrected chi connectivity index (χ3v) is 5.61. The fourth-order valence-corrected chi connectivity index (χ4v) is 5.09. The SMILES string of the molecule is NC(CO)c1ncc(C2C3CC4CC(C3)CC2C4)o1. The highest BCUT2D eigenvalue weighted by atomic mass is 16.4. The van der Waals surface area contributed by atoms with E-state index in [1.165, 1.54) is 32.1 Å². The minimum absolute atomic E-state index is 0.109. The van der Waals surface area contributed by atoms with Crippen molar-refractivity contribution in [3.05, 3.63) is 17.8 Å². The monoisotopic (exact) mass is 262 g/mol. The molecule has 4 nitrogen and oxygen atoms in total. The molecule has 1 unspecified atom stereocenters. The van der Waals surface area contributed by atoms with Crippen LogP contribution in [0.4, 0.5) is 0 Å². The van der Waals surface area contributed by atoms with Crippen molar-refractivity contribution in [2.24, 2.45) is 29.4 Å². The summed E-state index contributed by atoms with van der Waals surface area (Å²) >= 11 is 0. The van der Waals surface area contributed by atoms with Crippen molar-refractivity contribution in [2.45, 2.75) is 44.1 Å². The van der Waals surface area contributed by atoms with Gasteiger partial charge in [-0.25, -0.2) is 4.98 Å². The van der Waals surface area contributed by atoms with E-state index < -0.39 is 6.04 Å². The highest BCUT2D eigenvalue weighted by Crippen LogP contribution is 2.59. The normalized spacial score (nSPS) is 41.7. The van der Waals surface area contributed by atoms with Crippen molar-refractivity contribution in [3.63, 3.8) is 0 Å². The summed E-state index contributed by atoms with van der Waals surface area (Å²) in [7, 11) is 0. The van der Waals surface area contributed by atoms with Crippen LogP contribution in [0.3, 0.4) is 0 Å². The first kappa shape index (κ1) is 11.9. The molecule has 4 aliphatic rings. The first-order valence-corrected chi connectivity index (χ1v) is 7.56. The van der Waals surface area contributed by atoms with E-state index in [4.69, 9.17) is 15.3 Å². The number of nitrogens with zero attached hydrogens (tertiary/aromatic N) is 1. The first-order valence-electron chi connectivity index (χ1n) is 7.56. The maximum absolute atomic E-state index is 9.08. The lowest BCUT2D eigenvalue weighted by Gasteiger charge is -2.53. The zero-order chi connectivity index (χ0) is 13.0. The lowest BCUT2D eigenvalue weighted by atomic mass is 9.51. The Hall–Kier alpha value is -0.870. The number of nitrogens with two attached hydrogens (primary N) is 1. The molecule has 4 heteroatoms. The molecule has 1 aromatic heterocycles. The molecule has 4 aliphatic carbocycles. The number of rotatable bonds is 3. The molecule has 0 amide bonds. The summed E-state index contributed by atoms with van der Waals surface area (Å²) in [6.07, 6.45) is 8.83. The first-order chi connectivity index (χ1) is 9.24. The van der Waals surface area contributed by atoms with Gasteiger partial charge in [-0.2, -0.15) is 0 Å². The Morgan fingerprint density at radius 3 is 2.42 bits per heavy atom. The second-order valence-corrected chi connectivity index (χ2v) is 6.85. The van der Waals surface area contributed by atoms with Crippen LogP contribution in [0.5, 0.6) is 0 Å². The minimum atomic E-state index is -0.481. The minimum Gasteiger partial charge on any atom is -0.444 e. The van der Waals surface area contributed by atoms with E-state index in [2.05, 4.69) is 4.98 Å². The van der Waals surface area contributed by atoms with Crippen molar-refractivity contribution in [2.75, 3.05) is 6.61 Å². The van der Waals surface area contributed by atoms with E-state index in [-0.39, 0.29) is 6.61 Å². The van der Waals surface area contributed by atoms with Gasteiger partial charge in [0.1, 0.15) is 11.8 Å². The molecule has 1 aromatic rings. The standard InChI is InChI=1S/C15H22N2O2/c16-12(7-18)15-17-6-13(19-15)14-10-2-8-1-9(4-10)5-11(14)3-8/h6,8-12,14,18H,1-5,7,16H2. The van der Waals surface area contributed by atoms with Crippen LogP contribution in [0.1, 0.15) is 55.7 Å². The van der Waals surface area contributed by atoms with Crippen LogP contribution in [0.15, 0.2) is 10.6 Å². The topological polar surface area (TPSA) is 72.3 Å². The van der Waals surface area contributed by atoms with Crippen molar-refractivity contribution in [3.8, 4) is 0 Å². The highest BCUT2D eigenvalue weighted by molar-refractivity contribution is 5.13. The average molecular weight is 262 g/mol. The summed E-state index contributed by atoms with van der Waals surface area (Å²) in [5.74, 6) is 5.60. The van der Waals surface area contributed by atoms with Crippen LogP contribution in [0.25, 0.3) is 0 Å². The molecule has 3 N–H and O–H groups in total. The summed E-state index contributed by atoms with van der Waals surface area (Å²) in [6, 6.07) is -0.481. The van der Waals surface area contributed by atoms with E-state index in [0.29, 0.717) is 11.8 Å². The average Bonchev–Trinajstić information content (AvgIpc) is 2.86. The molecular weight excluding hydrogens is 240 g/mol. The molecule has 4 bridgehead atoms. The molecule has 1 heterocycles. The molecule has 4 fully saturated rings. The maximum Gasteiger partial charge on any atom is 0.213 e. The number of aliphatic hydroxyl groups is 1. The number of hydrogen-bond donors (Lipinski definition) is 2. The maximum atomic E-state index is 9.08. The predicted molar refractivity (Wildman–Crippen MR) is 70.3 cm³/mol. The Bertz CT molecular complexity index is 442. The summed E-state index contributed by atoms with van der Waals surface area (Å²) in [5, 5.41) is 9.08. The van der Waals surface area contributed by atoms with Gasteiger partial charge in [-0.3, -0.25) is 0 Å². The Labute approximate surface area is 113 Å². The number of aliphatic hydroxyl groups excluding tert-OH is 1. The van der Waals surface area contributed by atoms with Gasteiger partial charge in [0.2, 0.25) is 5.89 Å². The van der Waals surface area contributed by atoms with E-state index >= 15 is 0 Å². The quantitative estimate of drug-likeness (QED) is 0.876. The third-order valence-electron chi connectivity index (χ3n) is 5.61. The third kappa shape index (κ3) is 1.84. The second-order valence-electron chi connectivity index (χ2n) is 6.85. The van der Waals surface area contributed by atoms with Gasteiger partial charge in [-0.1, -0.05) is 0 Å². The molecule has 0 spiro atoms. The zero-order valence-corrected chi connectivity index (χ0v) is 11.2. The molecule has 0 aliphatic heterocycles. The van der Waals surface area contributed by atoms with Crippen LogP contribution in [-0.2, 0) is 0 Å². The van der Waals surface area contributed by atoms with Gasteiger partial charge in [-0.05, 0) is 55.8 Å². The van der Waals surface area contributed by atoms with E-state index in [0.717, 1.165) is 29.4 Å². The highest BCUT2D eigenvalue weighted by Gasteiger charge is 2.49. The fourth-order valence-electron chi connectivity index (χ4n) is 5.09. The molecule has 104 valence electrons. The molecule has 0 saturated heterocycles. The van der Waals surface area contributed by atoms with E-state index in [1.807, 2.05) is 6.20 Å². The van der Waals surface area contributed by atoms with Crippen LogP contribution in [0, 0.1) is 23.7 Å². The van der Waals surface area contributed by atoms with Crippen LogP contribution < -0.4 is 5.73 Å². The van der Waals surface area contributed by atoms with Crippen molar-refractivity contribution in [1.82, 2.24) is 4.98 Å². The van der Waals surface area contributed by atoms with Crippen molar-refractivity contribution in [1.29, 1.82) is 0 Å². The smallest absolute Gasteiger partial charge is 0.213 e. The number of oxazole rings is 1. The van der Waals surface area contributed by atoms with Crippen molar-refractivity contribution >= 4 is 0 Å². The zero-order valence-electron chi connectivity index (χ0n) is 11.2. The predicted octanol–water partition coefficient (Wildman–Crippen LogP) is 2.21. The van der Waals surface area contributed by atoms with Gasteiger partial charge in [0.15, 0.2) is 0 Å². The van der Waals surface area contributed by atoms with Crippen LogP contribution in [-0.4, -0.2) is 16.7 Å². The molecule has 4 saturated carbocycles. The molecule has 19 heavy (non-hydrogen) atoms. The van der Waals surface area contributed by atoms with Gasteiger partial charge in [-0.15, -0.1) is 0 Å². The van der Waals surface area contributed by atoms with Gasteiger partial charge in [0.05, 0.1) is 12.8 Å². The molecular formula is C15H22N2O2. The van der Waals surface area contributed by atoms with Gasteiger partial charge in [0.25, 0.3) is 0 Å². The summed E-state index contributed by atoms with van der Waals surface area (Å²) in [5.41, 5.74) is 5.78. The fraction of sp³-hybridized carbons (Fsp3) is 0.800. The largest absolute Gasteiger partial charge is 0.444 e. The molecule has 5 rings (SSSR count). The summed E-state index contributed by atoms with van der Waals surface area (Å²) in [6.45, 7) is -0.109.